The van der Waals surface area contributed by atoms with E-state index in [1.807, 2.05) is 14.1 Å². The first-order valence-electron chi connectivity index (χ1n) is 5.37. The second kappa shape index (κ2) is 4.44. The second-order valence-electron chi connectivity index (χ2n) is 3.74. The zero-order valence-electron chi connectivity index (χ0n) is 10.1. The van der Waals surface area contributed by atoms with Crippen LogP contribution in [0.5, 0.6) is 0 Å². The van der Waals surface area contributed by atoms with E-state index in [0.29, 0.717) is 30.7 Å². The molecule has 1 aliphatic rings. The Morgan fingerprint density at radius 1 is 1.41 bits per heavy atom. The summed E-state index contributed by atoms with van der Waals surface area (Å²) in [7, 11) is 3.64. The molecule has 0 bridgehead atoms. The first-order chi connectivity index (χ1) is 8.13. The third-order valence-corrected chi connectivity index (χ3v) is 2.29. The topological polar surface area (TPSA) is 79.4 Å². The Bertz CT molecular complexity index is 447. The summed E-state index contributed by atoms with van der Waals surface area (Å²) in [6.45, 7) is 2.62. The minimum absolute atomic E-state index is 0.269. The Morgan fingerprint density at radius 3 is 2.82 bits per heavy atom. The highest BCUT2D eigenvalue weighted by atomic mass is 16.5. The van der Waals surface area contributed by atoms with Crippen LogP contribution in [0.2, 0.25) is 0 Å². The molecule has 0 saturated carbocycles. The van der Waals surface area contributed by atoms with Gasteiger partial charge in [-0.15, -0.1) is 0 Å². The van der Waals surface area contributed by atoms with E-state index in [1.165, 1.54) is 0 Å². The molecule has 0 saturated heterocycles. The van der Waals surface area contributed by atoms with Crippen molar-refractivity contribution in [1.82, 2.24) is 9.97 Å². The van der Waals surface area contributed by atoms with Crippen LogP contribution in [-0.2, 0) is 4.74 Å². The van der Waals surface area contributed by atoms with E-state index in [-0.39, 0.29) is 5.69 Å². The minimum atomic E-state index is -0.439. The summed E-state index contributed by atoms with van der Waals surface area (Å²) < 4.78 is 4.97. The van der Waals surface area contributed by atoms with Crippen LogP contribution < -0.4 is 15.5 Å². The number of hydrogen-bond donors (Lipinski definition) is 2. The molecule has 0 radical (unpaired) electrons. The maximum atomic E-state index is 11.8. The number of ether oxygens (including phenoxy) is 1. The lowest BCUT2D eigenvalue weighted by molar-refractivity contribution is 0.0521. The van der Waals surface area contributed by atoms with E-state index >= 15 is 0 Å². The number of nitrogens with one attached hydrogen (secondary N) is 2. The normalized spacial score (nSPS) is 12.4. The maximum Gasteiger partial charge on any atom is 0.359 e. The van der Waals surface area contributed by atoms with Crippen molar-refractivity contribution >= 4 is 23.4 Å². The fourth-order valence-corrected chi connectivity index (χ4v) is 1.51. The monoisotopic (exact) mass is 237 g/mol. The predicted octanol–water partition coefficient (Wildman–Crippen LogP) is 0.514. The number of rotatable bonds is 3. The average Bonchev–Trinajstić information content (AvgIpc) is 2.75. The van der Waals surface area contributed by atoms with Gasteiger partial charge in [-0.3, -0.25) is 0 Å². The number of nitrogens with zero attached hydrogens (tertiary/aromatic N) is 3. The van der Waals surface area contributed by atoms with Crippen LogP contribution in [0.25, 0.3) is 0 Å². The Labute approximate surface area is 99.2 Å². The molecule has 0 spiro atoms. The lowest BCUT2D eigenvalue weighted by Gasteiger charge is -2.13. The van der Waals surface area contributed by atoms with Gasteiger partial charge in [0.25, 0.3) is 0 Å². The molecule has 17 heavy (non-hydrogen) atoms. The first kappa shape index (κ1) is 11.4. The summed E-state index contributed by atoms with van der Waals surface area (Å²) >= 11 is 0. The smallest absolute Gasteiger partial charge is 0.359 e. The molecule has 1 aromatic heterocycles. The number of hydrogen-bond acceptors (Lipinski definition) is 7. The van der Waals surface area contributed by atoms with Crippen molar-refractivity contribution in [3.63, 3.8) is 0 Å². The van der Waals surface area contributed by atoms with Crippen molar-refractivity contribution in [2.75, 3.05) is 42.9 Å². The van der Waals surface area contributed by atoms with Crippen LogP contribution in [0.3, 0.4) is 0 Å². The van der Waals surface area contributed by atoms with Crippen molar-refractivity contribution in [2.24, 2.45) is 0 Å². The fourth-order valence-electron chi connectivity index (χ4n) is 1.51. The van der Waals surface area contributed by atoms with Gasteiger partial charge in [0.05, 0.1) is 13.3 Å². The van der Waals surface area contributed by atoms with Gasteiger partial charge >= 0.3 is 5.97 Å². The molecule has 0 amide bonds. The van der Waals surface area contributed by atoms with E-state index in [9.17, 15) is 4.79 Å². The molecule has 7 nitrogen and oxygen atoms in total. The number of carbonyl (C=O) groups is 1. The quantitative estimate of drug-likeness (QED) is 0.741. The Hall–Kier alpha value is -2.05. The fraction of sp³-hybridized carbons (Fsp3) is 0.500. The zero-order chi connectivity index (χ0) is 12.4. The zero-order valence-corrected chi connectivity index (χ0v) is 10.1. The summed E-state index contributed by atoms with van der Waals surface area (Å²) in [5.74, 6) is 0.667. The molecule has 1 aromatic rings. The molecule has 0 aliphatic carbocycles. The molecule has 2 N–H and O–H groups in total. The van der Waals surface area contributed by atoms with Crippen molar-refractivity contribution in [3.05, 3.63) is 5.69 Å². The number of esters is 1. The van der Waals surface area contributed by atoms with Gasteiger partial charge in [-0.05, 0) is 6.92 Å². The van der Waals surface area contributed by atoms with E-state index in [1.54, 1.807) is 11.8 Å². The van der Waals surface area contributed by atoms with Gasteiger partial charge in [-0.2, -0.15) is 4.98 Å². The highest BCUT2D eigenvalue weighted by molar-refractivity contribution is 5.97. The second-order valence-corrected chi connectivity index (χ2v) is 3.74. The van der Waals surface area contributed by atoms with Crippen LogP contribution in [0, 0.1) is 0 Å². The molecule has 1 aliphatic heterocycles. The van der Waals surface area contributed by atoms with E-state index in [2.05, 4.69) is 20.6 Å². The molecule has 2 heterocycles. The molecule has 2 rings (SSSR count). The minimum Gasteiger partial charge on any atom is -0.461 e. The van der Waals surface area contributed by atoms with Gasteiger partial charge in [0.15, 0.2) is 11.5 Å². The molecule has 0 unspecified atom stereocenters. The highest BCUT2D eigenvalue weighted by Crippen LogP contribution is 2.29. The standard InChI is InChI=1S/C10H15N5O2/c1-4-17-9(16)7-6-8(12-5-11-6)14-10(13-7)15(2)3/h11H,4-5H2,1-3H3,(H,12,13,14). The number of fused-ring (bicyclic) bond motifs is 1. The Kier molecular flexibility index (Phi) is 2.99. The predicted molar refractivity (Wildman–Crippen MR) is 64.4 cm³/mol. The van der Waals surface area contributed by atoms with Gasteiger partial charge in [0.2, 0.25) is 5.95 Å². The Balaban J connectivity index is 2.45. The van der Waals surface area contributed by atoms with Crippen molar-refractivity contribution in [3.8, 4) is 0 Å². The summed E-state index contributed by atoms with van der Waals surface area (Å²) in [4.78, 5) is 22.0. The largest absolute Gasteiger partial charge is 0.461 e. The molecule has 0 aromatic carbocycles. The number of anilines is 3. The summed E-state index contributed by atoms with van der Waals surface area (Å²) in [5, 5.41) is 6.05. The SMILES string of the molecule is CCOC(=O)c1nc(N(C)C)nc2c1NCN2. The molecular weight excluding hydrogens is 222 g/mol. The van der Waals surface area contributed by atoms with E-state index in [0.717, 1.165) is 0 Å². The molecule has 92 valence electrons. The van der Waals surface area contributed by atoms with Gasteiger partial charge in [0, 0.05) is 14.1 Å². The molecular formula is C10H15N5O2. The highest BCUT2D eigenvalue weighted by Gasteiger charge is 2.24. The van der Waals surface area contributed by atoms with Gasteiger partial charge in [-0.1, -0.05) is 0 Å². The van der Waals surface area contributed by atoms with Crippen LogP contribution in [0.1, 0.15) is 17.4 Å². The van der Waals surface area contributed by atoms with Crippen molar-refractivity contribution < 1.29 is 9.53 Å². The lowest BCUT2D eigenvalue weighted by atomic mass is 10.3. The third-order valence-electron chi connectivity index (χ3n) is 2.29. The number of carbonyl (C=O) groups excluding carboxylic acids is 1. The maximum absolute atomic E-state index is 11.8. The first-order valence-corrected chi connectivity index (χ1v) is 5.37. The average molecular weight is 237 g/mol. The third kappa shape index (κ3) is 2.08. The van der Waals surface area contributed by atoms with Crippen LogP contribution in [0.4, 0.5) is 17.5 Å². The van der Waals surface area contributed by atoms with Gasteiger partial charge < -0.3 is 20.3 Å². The Morgan fingerprint density at radius 2 is 2.18 bits per heavy atom. The van der Waals surface area contributed by atoms with E-state index in [4.69, 9.17) is 4.74 Å². The number of aromatic nitrogens is 2. The van der Waals surface area contributed by atoms with Crippen molar-refractivity contribution in [1.29, 1.82) is 0 Å². The molecule has 0 fully saturated rings. The molecule has 7 heteroatoms. The summed E-state index contributed by atoms with van der Waals surface area (Å²) in [6, 6.07) is 0. The van der Waals surface area contributed by atoms with E-state index < -0.39 is 5.97 Å². The van der Waals surface area contributed by atoms with Crippen molar-refractivity contribution in [2.45, 2.75) is 6.92 Å². The van der Waals surface area contributed by atoms with Crippen LogP contribution in [-0.4, -0.2) is 43.3 Å². The summed E-state index contributed by atoms with van der Waals surface area (Å²) in [5.41, 5.74) is 0.875. The van der Waals surface area contributed by atoms with Gasteiger partial charge in [0.1, 0.15) is 5.69 Å². The van der Waals surface area contributed by atoms with Gasteiger partial charge in [-0.25, -0.2) is 9.78 Å². The van der Waals surface area contributed by atoms with Crippen LogP contribution >= 0.6 is 0 Å². The summed E-state index contributed by atoms with van der Waals surface area (Å²) in [6.07, 6.45) is 0. The lowest BCUT2D eigenvalue weighted by Crippen LogP contribution is -2.17. The van der Waals surface area contributed by atoms with Crippen LogP contribution in [0.15, 0.2) is 0 Å². The molecule has 0 atom stereocenters.